The van der Waals surface area contributed by atoms with E-state index in [9.17, 15) is 8.42 Å². The lowest BCUT2D eigenvalue weighted by molar-refractivity contribution is 0.384. The molecule has 1 aromatic carbocycles. The molecule has 0 saturated heterocycles. The molecule has 1 aromatic rings. The third-order valence-corrected chi connectivity index (χ3v) is 6.00. The SMILES string of the molecule is O=S(=O)(CC1CCCCC1)NCc1ccc(CBr)cc1. The average molecular weight is 360 g/mol. The van der Waals surface area contributed by atoms with Gasteiger partial charge in [0.2, 0.25) is 10.0 Å². The fourth-order valence-corrected chi connectivity index (χ4v) is 4.49. The maximum Gasteiger partial charge on any atom is 0.212 e. The molecule has 1 N–H and O–H groups in total. The van der Waals surface area contributed by atoms with Crippen LogP contribution in [0.4, 0.5) is 0 Å². The van der Waals surface area contributed by atoms with Crippen molar-refractivity contribution in [1.29, 1.82) is 0 Å². The van der Waals surface area contributed by atoms with Crippen LogP contribution in [0.15, 0.2) is 24.3 Å². The van der Waals surface area contributed by atoms with E-state index in [2.05, 4.69) is 20.7 Å². The van der Waals surface area contributed by atoms with Crippen LogP contribution in [0, 0.1) is 5.92 Å². The molecule has 0 heterocycles. The van der Waals surface area contributed by atoms with Gasteiger partial charge in [-0.2, -0.15) is 0 Å². The van der Waals surface area contributed by atoms with Crippen LogP contribution in [0.3, 0.4) is 0 Å². The Balaban J connectivity index is 1.84. The van der Waals surface area contributed by atoms with Gasteiger partial charge in [-0.05, 0) is 29.9 Å². The van der Waals surface area contributed by atoms with E-state index in [1.165, 1.54) is 24.8 Å². The van der Waals surface area contributed by atoms with Crippen LogP contribution >= 0.6 is 15.9 Å². The van der Waals surface area contributed by atoms with Crippen LogP contribution < -0.4 is 4.72 Å². The molecule has 0 bridgehead atoms. The quantitative estimate of drug-likeness (QED) is 0.789. The summed E-state index contributed by atoms with van der Waals surface area (Å²) >= 11 is 3.40. The normalized spacial score (nSPS) is 17.2. The van der Waals surface area contributed by atoms with Crippen molar-refractivity contribution in [2.75, 3.05) is 5.75 Å². The van der Waals surface area contributed by atoms with Gasteiger partial charge in [0.1, 0.15) is 0 Å². The molecule has 2 rings (SSSR count). The van der Waals surface area contributed by atoms with E-state index >= 15 is 0 Å². The number of hydrogen-bond acceptors (Lipinski definition) is 2. The molecule has 0 radical (unpaired) electrons. The molecule has 1 fully saturated rings. The Morgan fingerprint density at radius 2 is 1.65 bits per heavy atom. The maximum absolute atomic E-state index is 12.1. The number of benzene rings is 1. The Morgan fingerprint density at radius 1 is 1.05 bits per heavy atom. The lowest BCUT2D eigenvalue weighted by atomic mass is 9.91. The van der Waals surface area contributed by atoms with Crippen LogP contribution in [0.1, 0.15) is 43.2 Å². The molecule has 112 valence electrons. The van der Waals surface area contributed by atoms with Gasteiger partial charge in [0.25, 0.3) is 0 Å². The lowest BCUT2D eigenvalue weighted by Crippen LogP contribution is -2.30. The van der Waals surface area contributed by atoms with Crippen molar-refractivity contribution in [2.24, 2.45) is 5.92 Å². The molecule has 20 heavy (non-hydrogen) atoms. The molecule has 0 amide bonds. The minimum absolute atomic E-state index is 0.284. The summed E-state index contributed by atoms with van der Waals surface area (Å²) in [5.74, 6) is 0.629. The first-order valence-electron chi connectivity index (χ1n) is 7.20. The van der Waals surface area contributed by atoms with Crippen LogP contribution in [-0.2, 0) is 21.9 Å². The van der Waals surface area contributed by atoms with Crippen LogP contribution in [0.2, 0.25) is 0 Å². The number of halogens is 1. The highest BCUT2D eigenvalue weighted by molar-refractivity contribution is 9.08. The Kier molecular flexibility index (Phi) is 6.05. The molecule has 1 aliphatic carbocycles. The van der Waals surface area contributed by atoms with E-state index in [4.69, 9.17) is 0 Å². The van der Waals surface area contributed by atoms with E-state index in [0.29, 0.717) is 12.5 Å². The predicted molar refractivity (Wildman–Crippen MR) is 86.3 cm³/mol. The molecular weight excluding hydrogens is 338 g/mol. The van der Waals surface area contributed by atoms with Gasteiger partial charge >= 0.3 is 0 Å². The highest BCUT2D eigenvalue weighted by Gasteiger charge is 2.20. The number of nitrogens with one attached hydrogen (secondary N) is 1. The Labute approximate surface area is 130 Å². The molecule has 5 heteroatoms. The zero-order valence-corrected chi connectivity index (χ0v) is 14.0. The second-order valence-corrected chi connectivity index (χ2v) is 7.97. The summed E-state index contributed by atoms with van der Waals surface area (Å²) in [4.78, 5) is 0. The van der Waals surface area contributed by atoms with Gasteiger partial charge in [-0.25, -0.2) is 13.1 Å². The molecule has 1 aliphatic rings. The van der Waals surface area contributed by atoms with Crippen LogP contribution in [0.5, 0.6) is 0 Å². The third kappa shape index (κ3) is 5.19. The van der Waals surface area contributed by atoms with Gasteiger partial charge in [0, 0.05) is 11.9 Å². The second-order valence-electron chi connectivity index (χ2n) is 5.56. The molecule has 1 saturated carbocycles. The monoisotopic (exact) mass is 359 g/mol. The summed E-state index contributed by atoms with van der Waals surface area (Å²) in [7, 11) is -3.15. The molecule has 0 spiro atoms. The van der Waals surface area contributed by atoms with E-state index < -0.39 is 10.0 Å². The largest absolute Gasteiger partial charge is 0.212 e. The van der Waals surface area contributed by atoms with Gasteiger partial charge in [-0.3, -0.25) is 0 Å². The van der Waals surface area contributed by atoms with Crippen molar-refractivity contribution < 1.29 is 8.42 Å². The molecule has 3 nitrogen and oxygen atoms in total. The predicted octanol–water partition coefficient (Wildman–Crippen LogP) is 3.58. The van der Waals surface area contributed by atoms with Crippen molar-refractivity contribution in [1.82, 2.24) is 4.72 Å². The van der Waals surface area contributed by atoms with Gasteiger partial charge in [-0.1, -0.05) is 59.5 Å². The number of rotatable bonds is 6. The molecule has 0 atom stereocenters. The van der Waals surface area contributed by atoms with Crippen molar-refractivity contribution in [2.45, 2.75) is 44.0 Å². The maximum atomic E-state index is 12.1. The average Bonchev–Trinajstić information content (AvgIpc) is 2.46. The topological polar surface area (TPSA) is 46.2 Å². The standard InChI is InChI=1S/C15H22BrNO2S/c16-10-13-6-8-14(9-7-13)11-17-20(18,19)12-15-4-2-1-3-5-15/h6-9,15,17H,1-5,10-12H2. The summed E-state index contributed by atoms with van der Waals surface area (Å²) in [5.41, 5.74) is 2.20. The molecular formula is C15H22BrNO2S. The molecule has 0 aromatic heterocycles. The first-order valence-corrected chi connectivity index (χ1v) is 9.97. The third-order valence-electron chi connectivity index (χ3n) is 3.85. The Bertz CT molecular complexity index is 507. The molecule has 0 unspecified atom stereocenters. The highest BCUT2D eigenvalue weighted by Crippen LogP contribution is 2.24. The van der Waals surface area contributed by atoms with Gasteiger partial charge in [0.05, 0.1) is 5.75 Å². The smallest absolute Gasteiger partial charge is 0.212 e. The van der Waals surface area contributed by atoms with E-state index in [1.807, 2.05) is 24.3 Å². The number of hydrogen-bond donors (Lipinski definition) is 1. The second kappa shape index (κ2) is 7.57. The van der Waals surface area contributed by atoms with Gasteiger partial charge in [-0.15, -0.1) is 0 Å². The van der Waals surface area contributed by atoms with Crippen molar-refractivity contribution in [3.05, 3.63) is 35.4 Å². The minimum atomic E-state index is -3.15. The zero-order chi connectivity index (χ0) is 14.4. The first kappa shape index (κ1) is 16.0. The first-order chi connectivity index (χ1) is 9.59. The summed E-state index contributed by atoms with van der Waals surface area (Å²) < 4.78 is 26.9. The fourth-order valence-electron chi connectivity index (χ4n) is 2.66. The van der Waals surface area contributed by atoms with Gasteiger partial charge in [0.15, 0.2) is 0 Å². The van der Waals surface area contributed by atoms with E-state index in [-0.39, 0.29) is 5.75 Å². The van der Waals surface area contributed by atoms with Crippen molar-refractivity contribution in [3.8, 4) is 0 Å². The van der Waals surface area contributed by atoms with Gasteiger partial charge < -0.3 is 0 Å². The Hall–Kier alpha value is -0.390. The van der Waals surface area contributed by atoms with Crippen LogP contribution in [-0.4, -0.2) is 14.2 Å². The number of sulfonamides is 1. The summed E-state index contributed by atoms with van der Waals surface area (Å²) in [6.07, 6.45) is 5.72. The zero-order valence-electron chi connectivity index (χ0n) is 11.6. The highest BCUT2D eigenvalue weighted by atomic mass is 79.9. The molecule has 0 aliphatic heterocycles. The summed E-state index contributed by atoms with van der Waals surface area (Å²) in [6, 6.07) is 7.97. The van der Waals surface area contributed by atoms with Crippen molar-refractivity contribution >= 4 is 26.0 Å². The minimum Gasteiger partial charge on any atom is -0.212 e. The van der Waals surface area contributed by atoms with Crippen LogP contribution in [0.25, 0.3) is 0 Å². The Morgan fingerprint density at radius 3 is 2.25 bits per heavy atom. The van der Waals surface area contributed by atoms with E-state index in [1.54, 1.807) is 0 Å². The van der Waals surface area contributed by atoms with E-state index in [0.717, 1.165) is 23.7 Å². The summed E-state index contributed by atoms with van der Waals surface area (Å²) in [5, 5.41) is 0.820. The summed E-state index contributed by atoms with van der Waals surface area (Å²) in [6.45, 7) is 0.387. The lowest BCUT2D eigenvalue weighted by Gasteiger charge is -2.21. The fraction of sp³-hybridized carbons (Fsp3) is 0.600. The van der Waals surface area contributed by atoms with Crippen molar-refractivity contribution in [3.63, 3.8) is 0 Å². The number of alkyl halides is 1.